The molecule has 0 radical (unpaired) electrons. The number of amides is 2. The molecule has 6 heteroatoms. The minimum absolute atomic E-state index is 0.102. The predicted molar refractivity (Wildman–Crippen MR) is 93.9 cm³/mol. The van der Waals surface area contributed by atoms with Crippen molar-refractivity contribution in [1.82, 2.24) is 10.2 Å². The van der Waals surface area contributed by atoms with Gasteiger partial charge in [0.25, 0.3) is 0 Å². The van der Waals surface area contributed by atoms with Gasteiger partial charge in [0.15, 0.2) is 0 Å². The highest BCUT2D eigenvalue weighted by molar-refractivity contribution is 7.07. The highest BCUT2D eigenvalue weighted by Gasteiger charge is 2.29. The second-order valence-corrected chi connectivity index (χ2v) is 6.65. The van der Waals surface area contributed by atoms with E-state index in [2.05, 4.69) is 5.32 Å². The summed E-state index contributed by atoms with van der Waals surface area (Å²) in [5.41, 5.74) is 1.96. The molecule has 0 aliphatic carbocycles. The molecule has 128 valence electrons. The Bertz CT molecular complexity index is 633. The summed E-state index contributed by atoms with van der Waals surface area (Å²) < 4.78 is 5.52. The molecule has 1 fully saturated rings. The molecular weight excluding hydrogens is 324 g/mol. The van der Waals surface area contributed by atoms with Crippen molar-refractivity contribution in [2.75, 3.05) is 19.8 Å². The van der Waals surface area contributed by atoms with Crippen LogP contribution < -0.4 is 5.32 Å². The Morgan fingerprint density at radius 3 is 2.96 bits per heavy atom. The van der Waals surface area contributed by atoms with Gasteiger partial charge in [0.1, 0.15) is 0 Å². The number of thiophene rings is 1. The fourth-order valence-corrected chi connectivity index (χ4v) is 3.53. The molecule has 2 heterocycles. The Morgan fingerprint density at radius 2 is 2.21 bits per heavy atom. The van der Waals surface area contributed by atoms with Gasteiger partial charge < -0.3 is 20.1 Å². The van der Waals surface area contributed by atoms with E-state index in [0.717, 1.165) is 11.1 Å². The first-order valence-corrected chi connectivity index (χ1v) is 9.04. The fraction of sp³-hybridized carbons (Fsp3) is 0.389. The van der Waals surface area contributed by atoms with Gasteiger partial charge in [0, 0.05) is 19.5 Å². The molecule has 2 amide bonds. The van der Waals surface area contributed by atoms with E-state index in [1.165, 1.54) is 0 Å². The van der Waals surface area contributed by atoms with Crippen molar-refractivity contribution >= 4 is 17.4 Å². The largest absolute Gasteiger partial charge is 0.388 e. The maximum absolute atomic E-state index is 12.5. The molecule has 24 heavy (non-hydrogen) atoms. The molecule has 0 bridgehead atoms. The third kappa shape index (κ3) is 4.35. The molecule has 3 rings (SSSR count). The topological polar surface area (TPSA) is 61.8 Å². The zero-order chi connectivity index (χ0) is 16.8. The monoisotopic (exact) mass is 346 g/mol. The number of morpholine rings is 1. The lowest BCUT2D eigenvalue weighted by atomic mass is 10.0. The van der Waals surface area contributed by atoms with Crippen LogP contribution in [0.5, 0.6) is 0 Å². The second kappa shape index (κ2) is 8.28. The molecule has 1 aliphatic heterocycles. The molecule has 2 aromatic rings. The molecule has 2 N–H and O–H groups in total. The summed E-state index contributed by atoms with van der Waals surface area (Å²) in [6.07, 6.45) is -0.138. The van der Waals surface area contributed by atoms with E-state index < -0.39 is 6.10 Å². The smallest absolute Gasteiger partial charge is 0.318 e. The highest BCUT2D eigenvalue weighted by atomic mass is 32.1. The van der Waals surface area contributed by atoms with E-state index in [1.54, 1.807) is 16.2 Å². The van der Waals surface area contributed by atoms with Gasteiger partial charge in [-0.25, -0.2) is 4.79 Å². The Labute approximate surface area is 145 Å². The third-order valence-electron chi connectivity index (χ3n) is 4.19. The minimum atomic E-state index is -0.606. The number of nitrogens with one attached hydrogen (secondary N) is 1. The zero-order valence-corrected chi connectivity index (χ0v) is 14.2. The van der Waals surface area contributed by atoms with Crippen molar-refractivity contribution in [1.29, 1.82) is 0 Å². The van der Waals surface area contributed by atoms with E-state index in [1.807, 2.05) is 47.2 Å². The maximum atomic E-state index is 12.5. The lowest BCUT2D eigenvalue weighted by Crippen LogP contribution is -2.52. The van der Waals surface area contributed by atoms with Gasteiger partial charge in [-0.3, -0.25) is 0 Å². The molecule has 0 saturated carbocycles. The Kier molecular flexibility index (Phi) is 5.85. The lowest BCUT2D eigenvalue weighted by molar-refractivity contribution is -0.00698. The average Bonchev–Trinajstić information content (AvgIpc) is 3.14. The molecule has 1 aliphatic rings. The number of hydrogen-bond acceptors (Lipinski definition) is 4. The SMILES string of the molecule is O=C(NCc1ccsc1)N1CCOC[C@H]1C[C@H](O)c1ccccc1. The number of carbonyl (C=O) groups excluding carboxylic acids is 1. The number of aliphatic hydroxyl groups excluding tert-OH is 1. The Balaban J connectivity index is 1.59. The number of urea groups is 1. The van der Waals surface area contributed by atoms with Crippen molar-refractivity contribution in [2.45, 2.75) is 25.1 Å². The van der Waals surface area contributed by atoms with Crippen LogP contribution in [0.3, 0.4) is 0 Å². The van der Waals surface area contributed by atoms with Crippen molar-refractivity contribution in [3.8, 4) is 0 Å². The molecule has 1 aromatic carbocycles. The number of ether oxygens (including phenoxy) is 1. The fourth-order valence-electron chi connectivity index (χ4n) is 2.86. The van der Waals surface area contributed by atoms with E-state index in [0.29, 0.717) is 32.7 Å². The second-order valence-electron chi connectivity index (χ2n) is 5.87. The maximum Gasteiger partial charge on any atom is 0.318 e. The predicted octanol–water partition coefficient (Wildman–Crippen LogP) is 2.78. The number of nitrogens with zero attached hydrogens (tertiary/aromatic N) is 1. The minimum Gasteiger partial charge on any atom is -0.388 e. The first-order chi connectivity index (χ1) is 11.7. The highest BCUT2D eigenvalue weighted by Crippen LogP contribution is 2.22. The zero-order valence-electron chi connectivity index (χ0n) is 13.4. The number of hydrogen-bond donors (Lipinski definition) is 2. The van der Waals surface area contributed by atoms with Gasteiger partial charge in [-0.05, 0) is 28.0 Å². The van der Waals surface area contributed by atoms with Crippen molar-refractivity contribution in [2.24, 2.45) is 0 Å². The van der Waals surface area contributed by atoms with E-state index in [-0.39, 0.29) is 12.1 Å². The number of carbonyl (C=O) groups is 1. The number of benzene rings is 1. The van der Waals surface area contributed by atoms with Gasteiger partial charge >= 0.3 is 6.03 Å². The van der Waals surface area contributed by atoms with Gasteiger partial charge in [-0.1, -0.05) is 30.3 Å². The van der Waals surface area contributed by atoms with Crippen LogP contribution in [0.2, 0.25) is 0 Å². The summed E-state index contributed by atoms with van der Waals surface area (Å²) in [4.78, 5) is 14.3. The standard InChI is InChI=1S/C18H22N2O3S/c21-17(15-4-2-1-3-5-15)10-16-12-23-8-7-20(16)18(22)19-11-14-6-9-24-13-14/h1-6,9,13,16-17,21H,7-8,10-12H2,(H,19,22)/t16-,17+/m1/s1. The molecule has 0 spiro atoms. The summed E-state index contributed by atoms with van der Waals surface area (Å²) >= 11 is 1.62. The first-order valence-electron chi connectivity index (χ1n) is 8.10. The summed E-state index contributed by atoms with van der Waals surface area (Å²) in [5.74, 6) is 0. The van der Waals surface area contributed by atoms with Gasteiger partial charge in [0.2, 0.25) is 0 Å². The van der Waals surface area contributed by atoms with Crippen LogP contribution in [-0.2, 0) is 11.3 Å². The quantitative estimate of drug-likeness (QED) is 0.875. The van der Waals surface area contributed by atoms with E-state index in [4.69, 9.17) is 4.74 Å². The summed E-state index contributed by atoms with van der Waals surface area (Å²) in [6, 6.07) is 11.3. The van der Waals surface area contributed by atoms with Crippen LogP contribution in [0, 0.1) is 0 Å². The third-order valence-corrected chi connectivity index (χ3v) is 4.92. The Morgan fingerprint density at radius 1 is 1.38 bits per heavy atom. The van der Waals surface area contributed by atoms with E-state index >= 15 is 0 Å². The van der Waals surface area contributed by atoms with Crippen molar-refractivity contribution in [3.63, 3.8) is 0 Å². The summed E-state index contributed by atoms with van der Waals surface area (Å²) in [7, 11) is 0. The van der Waals surface area contributed by atoms with Crippen LogP contribution in [0.4, 0.5) is 4.79 Å². The molecular formula is C18H22N2O3S. The normalized spacial score (nSPS) is 19.0. The Hall–Kier alpha value is -1.89. The molecule has 2 atom stereocenters. The van der Waals surface area contributed by atoms with Crippen molar-refractivity contribution in [3.05, 3.63) is 58.3 Å². The van der Waals surface area contributed by atoms with Gasteiger partial charge in [0.05, 0.1) is 25.4 Å². The van der Waals surface area contributed by atoms with Crippen LogP contribution in [0.15, 0.2) is 47.2 Å². The van der Waals surface area contributed by atoms with Crippen LogP contribution >= 0.6 is 11.3 Å². The van der Waals surface area contributed by atoms with Gasteiger partial charge in [-0.2, -0.15) is 11.3 Å². The number of rotatable bonds is 5. The molecule has 5 nitrogen and oxygen atoms in total. The lowest BCUT2D eigenvalue weighted by Gasteiger charge is -2.36. The number of aliphatic hydroxyl groups is 1. The average molecular weight is 346 g/mol. The van der Waals surface area contributed by atoms with Crippen LogP contribution in [0.25, 0.3) is 0 Å². The van der Waals surface area contributed by atoms with Gasteiger partial charge in [-0.15, -0.1) is 0 Å². The molecule has 1 saturated heterocycles. The first kappa shape index (κ1) is 17.0. The molecule has 0 unspecified atom stereocenters. The van der Waals surface area contributed by atoms with Crippen molar-refractivity contribution < 1.29 is 14.6 Å². The van der Waals surface area contributed by atoms with Crippen LogP contribution in [-0.4, -0.2) is 41.8 Å². The van der Waals surface area contributed by atoms with Crippen LogP contribution in [0.1, 0.15) is 23.7 Å². The summed E-state index contributed by atoms with van der Waals surface area (Å²) in [6.45, 7) is 2.05. The summed E-state index contributed by atoms with van der Waals surface area (Å²) in [5, 5.41) is 17.4. The van der Waals surface area contributed by atoms with E-state index in [9.17, 15) is 9.90 Å². The molecule has 1 aromatic heterocycles.